The number of amides is 1. The van der Waals surface area contributed by atoms with Gasteiger partial charge in [0.1, 0.15) is 0 Å². The third-order valence-electron chi connectivity index (χ3n) is 4.28. The lowest BCUT2D eigenvalue weighted by molar-refractivity contribution is 0.102. The number of hydrogen-bond acceptors (Lipinski definition) is 4. The van der Waals surface area contributed by atoms with Crippen molar-refractivity contribution in [3.63, 3.8) is 0 Å². The molecule has 0 aliphatic carbocycles. The summed E-state index contributed by atoms with van der Waals surface area (Å²) in [6.07, 6.45) is 3.78. The van der Waals surface area contributed by atoms with Gasteiger partial charge >= 0.3 is 0 Å². The monoisotopic (exact) mass is 335 g/mol. The Morgan fingerprint density at radius 3 is 2.78 bits per heavy atom. The summed E-state index contributed by atoms with van der Waals surface area (Å²) in [5.74, 6) is -0.214. The topological polar surface area (TPSA) is 71.8 Å². The summed E-state index contributed by atoms with van der Waals surface area (Å²) in [6, 6.07) is 6.19. The number of hydrogen-bond donors (Lipinski definition) is 2. The first-order valence-corrected chi connectivity index (χ1v) is 7.65. The maximum Gasteiger partial charge on any atom is 0.277 e. The van der Waals surface area contributed by atoms with Crippen LogP contribution in [0.15, 0.2) is 24.4 Å². The molecule has 3 rings (SSSR count). The van der Waals surface area contributed by atoms with E-state index in [1.165, 1.54) is 0 Å². The summed E-state index contributed by atoms with van der Waals surface area (Å²) in [7, 11) is 0. The molecule has 124 valence electrons. The third-order valence-corrected chi connectivity index (χ3v) is 4.28. The van der Waals surface area contributed by atoms with E-state index in [-0.39, 0.29) is 18.3 Å². The van der Waals surface area contributed by atoms with E-state index >= 15 is 0 Å². The van der Waals surface area contributed by atoms with Crippen LogP contribution in [0.2, 0.25) is 0 Å². The molecule has 1 aromatic heterocycles. The van der Waals surface area contributed by atoms with E-state index in [2.05, 4.69) is 20.9 Å². The van der Waals surface area contributed by atoms with Crippen LogP contribution in [-0.4, -0.2) is 34.0 Å². The van der Waals surface area contributed by atoms with Crippen molar-refractivity contribution in [2.75, 3.05) is 18.4 Å². The first-order valence-electron chi connectivity index (χ1n) is 7.65. The first-order chi connectivity index (χ1) is 10.6. The van der Waals surface area contributed by atoms with Crippen LogP contribution < -0.4 is 10.6 Å². The summed E-state index contributed by atoms with van der Waals surface area (Å²) in [5, 5.41) is 14.4. The van der Waals surface area contributed by atoms with E-state index in [1.54, 1.807) is 6.20 Å². The van der Waals surface area contributed by atoms with E-state index in [9.17, 15) is 4.79 Å². The Balaban J connectivity index is 0.00000192. The summed E-state index contributed by atoms with van der Waals surface area (Å²) < 4.78 is 1.82. The Bertz CT molecular complexity index is 679. The molecule has 1 aromatic carbocycles. The maximum absolute atomic E-state index is 12.3. The van der Waals surface area contributed by atoms with Crippen molar-refractivity contribution < 1.29 is 4.79 Å². The number of nitrogens with zero attached hydrogens (tertiary/aromatic N) is 3. The van der Waals surface area contributed by atoms with Crippen molar-refractivity contribution in [1.29, 1.82) is 0 Å². The highest BCUT2D eigenvalue weighted by molar-refractivity contribution is 6.03. The van der Waals surface area contributed by atoms with Crippen molar-refractivity contribution in [3.8, 4) is 0 Å². The average molecular weight is 336 g/mol. The molecule has 7 heteroatoms. The highest BCUT2D eigenvalue weighted by Gasteiger charge is 2.19. The molecule has 2 N–H and O–H groups in total. The largest absolute Gasteiger partial charge is 0.320 e. The number of piperidine rings is 1. The van der Waals surface area contributed by atoms with Gasteiger partial charge in [0, 0.05) is 5.69 Å². The zero-order valence-electron chi connectivity index (χ0n) is 13.4. The molecular formula is C16H22ClN5O. The molecule has 0 atom stereocenters. The Labute approximate surface area is 142 Å². The molecule has 1 aliphatic heterocycles. The smallest absolute Gasteiger partial charge is 0.277 e. The minimum absolute atomic E-state index is 0. The van der Waals surface area contributed by atoms with Gasteiger partial charge in [-0.3, -0.25) is 4.79 Å². The number of anilines is 1. The van der Waals surface area contributed by atoms with Crippen LogP contribution >= 0.6 is 12.4 Å². The van der Waals surface area contributed by atoms with Gasteiger partial charge in [-0.15, -0.1) is 17.5 Å². The van der Waals surface area contributed by atoms with Crippen LogP contribution in [0.4, 0.5) is 5.69 Å². The van der Waals surface area contributed by atoms with E-state index < -0.39 is 0 Å². The summed E-state index contributed by atoms with van der Waals surface area (Å²) in [6.45, 7) is 5.98. The summed E-state index contributed by atoms with van der Waals surface area (Å²) >= 11 is 0. The Hall–Kier alpha value is -1.92. The van der Waals surface area contributed by atoms with Gasteiger partial charge in [0.05, 0.1) is 12.2 Å². The van der Waals surface area contributed by atoms with Crippen LogP contribution in [0.1, 0.15) is 40.5 Å². The highest BCUT2D eigenvalue weighted by atomic mass is 35.5. The Morgan fingerprint density at radius 1 is 1.30 bits per heavy atom. The number of carbonyl (C=O) groups is 1. The fourth-order valence-electron chi connectivity index (χ4n) is 2.70. The van der Waals surface area contributed by atoms with E-state index in [0.29, 0.717) is 11.7 Å². The zero-order chi connectivity index (χ0) is 15.5. The molecule has 2 aromatic rings. The van der Waals surface area contributed by atoms with Gasteiger partial charge in [0.25, 0.3) is 5.91 Å². The Morgan fingerprint density at radius 2 is 2.04 bits per heavy atom. The number of nitrogens with one attached hydrogen (secondary N) is 2. The molecule has 0 saturated carbocycles. The van der Waals surface area contributed by atoms with Crippen molar-refractivity contribution in [1.82, 2.24) is 20.3 Å². The van der Waals surface area contributed by atoms with Crippen LogP contribution in [0, 0.1) is 13.8 Å². The predicted molar refractivity (Wildman–Crippen MR) is 92.3 cm³/mol. The fraction of sp³-hybridized carbons (Fsp3) is 0.438. The average Bonchev–Trinajstić information content (AvgIpc) is 3.03. The van der Waals surface area contributed by atoms with Crippen molar-refractivity contribution in [2.24, 2.45) is 0 Å². The lowest BCUT2D eigenvalue weighted by Crippen LogP contribution is -2.29. The van der Waals surface area contributed by atoms with Gasteiger partial charge in [-0.2, -0.15) is 0 Å². The maximum atomic E-state index is 12.3. The number of benzene rings is 1. The molecule has 1 saturated heterocycles. The molecular weight excluding hydrogens is 314 g/mol. The lowest BCUT2D eigenvalue weighted by atomic mass is 10.1. The van der Waals surface area contributed by atoms with Gasteiger partial charge in [-0.05, 0) is 57.0 Å². The van der Waals surface area contributed by atoms with E-state index in [4.69, 9.17) is 0 Å². The van der Waals surface area contributed by atoms with E-state index in [0.717, 1.165) is 42.7 Å². The first kappa shape index (κ1) is 17.4. The third kappa shape index (κ3) is 3.89. The molecule has 0 bridgehead atoms. The van der Waals surface area contributed by atoms with Crippen LogP contribution in [0.3, 0.4) is 0 Å². The molecule has 1 fully saturated rings. The molecule has 0 radical (unpaired) electrons. The molecule has 0 unspecified atom stereocenters. The van der Waals surface area contributed by atoms with Gasteiger partial charge in [-0.25, -0.2) is 4.68 Å². The van der Waals surface area contributed by atoms with Crippen molar-refractivity contribution in [3.05, 3.63) is 41.2 Å². The highest BCUT2D eigenvalue weighted by Crippen LogP contribution is 2.20. The van der Waals surface area contributed by atoms with Crippen molar-refractivity contribution >= 4 is 24.0 Å². The lowest BCUT2D eigenvalue weighted by Gasteiger charge is -2.22. The minimum atomic E-state index is -0.214. The number of aryl methyl sites for hydroxylation is 1. The van der Waals surface area contributed by atoms with Gasteiger partial charge in [0.2, 0.25) is 0 Å². The second-order valence-electron chi connectivity index (χ2n) is 5.77. The molecule has 23 heavy (non-hydrogen) atoms. The molecule has 1 amide bonds. The molecule has 0 spiro atoms. The number of halogens is 1. The van der Waals surface area contributed by atoms with Gasteiger partial charge in [-0.1, -0.05) is 17.3 Å². The van der Waals surface area contributed by atoms with Gasteiger partial charge in [0.15, 0.2) is 5.69 Å². The number of carbonyl (C=O) groups excluding carboxylic acids is 1. The molecule has 6 nitrogen and oxygen atoms in total. The SMILES string of the molecule is Cc1cccc(NC(=O)c2cn(C3CCNCC3)nn2)c1C.Cl. The van der Waals surface area contributed by atoms with Crippen LogP contribution in [0.25, 0.3) is 0 Å². The summed E-state index contributed by atoms with van der Waals surface area (Å²) in [5.41, 5.74) is 3.40. The minimum Gasteiger partial charge on any atom is -0.320 e. The predicted octanol–water partition coefficient (Wildman–Crippen LogP) is 2.49. The molecule has 2 heterocycles. The summed E-state index contributed by atoms with van der Waals surface area (Å²) in [4.78, 5) is 12.3. The van der Waals surface area contributed by atoms with Crippen LogP contribution in [0.5, 0.6) is 0 Å². The normalized spacial score (nSPS) is 15.0. The number of rotatable bonds is 3. The standard InChI is InChI=1S/C16H21N5O.ClH/c1-11-4-3-5-14(12(11)2)18-16(22)15-10-21(20-19-15)13-6-8-17-9-7-13;/h3-5,10,13,17H,6-9H2,1-2H3,(H,18,22);1H. The second-order valence-corrected chi connectivity index (χ2v) is 5.77. The van der Waals surface area contributed by atoms with E-state index in [1.807, 2.05) is 36.7 Å². The number of aromatic nitrogens is 3. The quantitative estimate of drug-likeness (QED) is 0.904. The van der Waals surface area contributed by atoms with Gasteiger partial charge < -0.3 is 10.6 Å². The Kier molecular flexibility index (Phi) is 5.74. The molecule has 1 aliphatic rings. The zero-order valence-corrected chi connectivity index (χ0v) is 14.2. The fourth-order valence-corrected chi connectivity index (χ4v) is 2.70. The van der Waals surface area contributed by atoms with Crippen LogP contribution in [-0.2, 0) is 0 Å². The van der Waals surface area contributed by atoms with Crippen molar-refractivity contribution in [2.45, 2.75) is 32.7 Å². The second kappa shape index (κ2) is 7.57.